The van der Waals surface area contributed by atoms with E-state index in [0.29, 0.717) is 25.2 Å². The van der Waals surface area contributed by atoms with Crippen molar-refractivity contribution in [2.45, 2.75) is 56.0 Å². The second-order valence-corrected chi connectivity index (χ2v) is 9.55. The molecule has 0 bridgehead atoms. The standard InChI is InChI=1S/C26H28N2O5/c29-23(27-22(24(30)31)13-16-9-10-16)14-26(11-12-26)28-25(32)33-15-21-19-7-3-1-5-17(19)18-6-2-4-8-20(18)21/h1-8,16,21-22H,9-15H2,(H,27,29)(H,28,32)(H,30,31). The molecule has 0 radical (unpaired) electrons. The predicted octanol–water partition coefficient (Wildman–Crippen LogP) is 3.82. The number of carbonyl (C=O) groups is 3. The Kier molecular flexibility index (Phi) is 5.56. The Morgan fingerprint density at radius 2 is 1.61 bits per heavy atom. The van der Waals surface area contributed by atoms with Gasteiger partial charge in [0.1, 0.15) is 12.6 Å². The van der Waals surface area contributed by atoms with E-state index in [1.54, 1.807) is 0 Å². The SMILES string of the molecule is O=C(CC1(NC(=O)OCC2c3ccccc3-c3ccccc32)CC1)NC(CC1CC1)C(=O)O. The van der Waals surface area contributed by atoms with Crippen molar-refractivity contribution in [2.75, 3.05) is 6.61 Å². The molecule has 2 saturated carbocycles. The van der Waals surface area contributed by atoms with Gasteiger partial charge in [-0.2, -0.15) is 0 Å². The molecule has 0 aliphatic heterocycles. The van der Waals surface area contributed by atoms with Crippen LogP contribution in [0.3, 0.4) is 0 Å². The molecule has 3 aliphatic rings. The third-order valence-corrected chi connectivity index (χ3v) is 6.96. The van der Waals surface area contributed by atoms with Crippen molar-refractivity contribution >= 4 is 18.0 Å². The minimum atomic E-state index is -1.01. The molecule has 1 atom stereocenters. The molecule has 0 spiro atoms. The van der Waals surface area contributed by atoms with E-state index in [1.807, 2.05) is 24.3 Å². The topological polar surface area (TPSA) is 105 Å². The number of alkyl carbamates (subject to hydrolysis) is 1. The summed E-state index contributed by atoms with van der Waals surface area (Å²) in [5, 5.41) is 14.8. The van der Waals surface area contributed by atoms with Gasteiger partial charge < -0.3 is 20.5 Å². The number of rotatable bonds is 9. The second kappa shape index (κ2) is 8.54. The largest absolute Gasteiger partial charge is 0.480 e. The van der Waals surface area contributed by atoms with Crippen molar-refractivity contribution in [1.29, 1.82) is 0 Å². The van der Waals surface area contributed by atoms with E-state index < -0.39 is 23.6 Å². The Hall–Kier alpha value is -3.35. The van der Waals surface area contributed by atoms with Crippen molar-refractivity contribution in [1.82, 2.24) is 10.6 Å². The molecular formula is C26H28N2O5. The van der Waals surface area contributed by atoms with Crippen LogP contribution in [0.5, 0.6) is 0 Å². The molecule has 172 valence electrons. The molecule has 0 heterocycles. The molecule has 2 aromatic rings. The number of carboxylic acid groups (broad SMARTS) is 1. The summed E-state index contributed by atoms with van der Waals surface area (Å²) in [4.78, 5) is 36.5. The summed E-state index contributed by atoms with van der Waals surface area (Å²) in [5.74, 6) is -0.996. The number of carbonyl (C=O) groups excluding carboxylic acids is 2. The van der Waals surface area contributed by atoms with Crippen LogP contribution >= 0.6 is 0 Å². The fourth-order valence-corrected chi connectivity index (χ4v) is 4.81. The Morgan fingerprint density at radius 1 is 1.00 bits per heavy atom. The zero-order valence-corrected chi connectivity index (χ0v) is 18.4. The number of aliphatic carboxylic acids is 1. The lowest BCUT2D eigenvalue weighted by Crippen LogP contribution is -2.46. The van der Waals surface area contributed by atoms with Gasteiger partial charge in [0, 0.05) is 12.3 Å². The average molecular weight is 449 g/mol. The summed E-state index contributed by atoms with van der Waals surface area (Å²) in [6, 6.07) is 15.4. The first-order valence-electron chi connectivity index (χ1n) is 11.6. The molecule has 1 unspecified atom stereocenters. The normalized spacial score (nSPS) is 18.5. The van der Waals surface area contributed by atoms with Gasteiger partial charge in [-0.3, -0.25) is 4.79 Å². The molecule has 3 aliphatic carbocycles. The van der Waals surface area contributed by atoms with Gasteiger partial charge in [0.25, 0.3) is 0 Å². The van der Waals surface area contributed by atoms with Crippen LogP contribution in [0.15, 0.2) is 48.5 Å². The summed E-state index contributed by atoms with van der Waals surface area (Å²) >= 11 is 0. The number of hydrogen-bond acceptors (Lipinski definition) is 4. The Balaban J connectivity index is 1.16. The zero-order chi connectivity index (χ0) is 23.0. The van der Waals surface area contributed by atoms with Gasteiger partial charge >= 0.3 is 12.1 Å². The van der Waals surface area contributed by atoms with Gasteiger partial charge in [-0.05, 0) is 47.4 Å². The molecule has 0 aromatic heterocycles. The van der Waals surface area contributed by atoms with Crippen molar-refractivity contribution in [3.63, 3.8) is 0 Å². The zero-order valence-electron chi connectivity index (χ0n) is 18.4. The molecule has 7 nitrogen and oxygen atoms in total. The van der Waals surface area contributed by atoms with E-state index in [4.69, 9.17) is 4.74 Å². The van der Waals surface area contributed by atoms with Gasteiger partial charge in [0.15, 0.2) is 0 Å². The van der Waals surface area contributed by atoms with E-state index in [-0.39, 0.29) is 24.9 Å². The van der Waals surface area contributed by atoms with Crippen molar-refractivity contribution in [3.05, 3.63) is 59.7 Å². The molecule has 2 fully saturated rings. The fourth-order valence-electron chi connectivity index (χ4n) is 4.81. The number of benzene rings is 2. The minimum Gasteiger partial charge on any atom is -0.480 e. The van der Waals surface area contributed by atoms with Crippen molar-refractivity contribution < 1.29 is 24.2 Å². The summed E-state index contributed by atoms with van der Waals surface area (Å²) in [6.45, 7) is 0.213. The van der Waals surface area contributed by atoms with Gasteiger partial charge in [0.2, 0.25) is 5.91 Å². The van der Waals surface area contributed by atoms with Gasteiger partial charge in [-0.25, -0.2) is 9.59 Å². The van der Waals surface area contributed by atoms with Crippen LogP contribution in [-0.4, -0.2) is 41.3 Å². The highest BCUT2D eigenvalue weighted by Gasteiger charge is 2.47. The number of nitrogens with one attached hydrogen (secondary N) is 2. The first kappa shape index (κ1) is 21.5. The molecule has 7 heteroatoms. The smallest absolute Gasteiger partial charge is 0.407 e. The summed E-state index contributed by atoms with van der Waals surface area (Å²) in [6.07, 6.45) is 3.37. The number of amides is 2. The number of carboxylic acids is 1. The molecule has 0 saturated heterocycles. The van der Waals surface area contributed by atoms with Crippen LogP contribution in [0, 0.1) is 5.92 Å². The lowest BCUT2D eigenvalue weighted by Gasteiger charge is -2.20. The number of ether oxygens (including phenoxy) is 1. The van der Waals surface area contributed by atoms with Crippen molar-refractivity contribution in [3.8, 4) is 11.1 Å². The average Bonchev–Trinajstić information content (AvgIpc) is 3.72. The highest BCUT2D eigenvalue weighted by Crippen LogP contribution is 2.44. The molecule has 2 aromatic carbocycles. The van der Waals surface area contributed by atoms with Gasteiger partial charge in [-0.1, -0.05) is 61.4 Å². The summed E-state index contributed by atoms with van der Waals surface area (Å²) in [7, 11) is 0. The highest BCUT2D eigenvalue weighted by molar-refractivity contribution is 5.85. The van der Waals surface area contributed by atoms with Gasteiger partial charge in [-0.15, -0.1) is 0 Å². The Morgan fingerprint density at radius 3 is 2.15 bits per heavy atom. The quantitative estimate of drug-likeness (QED) is 0.541. The number of fused-ring (bicyclic) bond motifs is 3. The fraction of sp³-hybridized carbons (Fsp3) is 0.423. The lowest BCUT2D eigenvalue weighted by atomic mass is 9.98. The molecule has 3 N–H and O–H groups in total. The Bertz CT molecular complexity index is 1040. The van der Waals surface area contributed by atoms with E-state index in [2.05, 4.69) is 34.9 Å². The van der Waals surface area contributed by atoms with Crippen LogP contribution in [0.4, 0.5) is 4.79 Å². The maximum Gasteiger partial charge on any atom is 0.407 e. The summed E-state index contributed by atoms with van der Waals surface area (Å²) in [5.41, 5.74) is 3.97. The van der Waals surface area contributed by atoms with E-state index in [0.717, 1.165) is 35.1 Å². The highest BCUT2D eigenvalue weighted by atomic mass is 16.5. The second-order valence-electron chi connectivity index (χ2n) is 9.55. The first-order chi connectivity index (χ1) is 15.9. The van der Waals surface area contributed by atoms with Crippen LogP contribution in [0.2, 0.25) is 0 Å². The molecular weight excluding hydrogens is 420 g/mol. The predicted molar refractivity (Wildman–Crippen MR) is 122 cm³/mol. The van der Waals surface area contributed by atoms with Gasteiger partial charge in [0.05, 0.1) is 5.54 Å². The van der Waals surface area contributed by atoms with Crippen LogP contribution in [0.25, 0.3) is 11.1 Å². The minimum absolute atomic E-state index is 0.0275. The van der Waals surface area contributed by atoms with E-state index in [1.165, 1.54) is 0 Å². The maximum absolute atomic E-state index is 12.6. The van der Waals surface area contributed by atoms with Crippen molar-refractivity contribution in [2.24, 2.45) is 5.92 Å². The maximum atomic E-state index is 12.6. The number of hydrogen-bond donors (Lipinski definition) is 3. The van der Waals surface area contributed by atoms with Crippen LogP contribution in [-0.2, 0) is 14.3 Å². The third kappa shape index (κ3) is 4.72. The molecule has 33 heavy (non-hydrogen) atoms. The monoisotopic (exact) mass is 448 g/mol. The Labute approximate surface area is 192 Å². The van der Waals surface area contributed by atoms with Crippen LogP contribution in [0.1, 0.15) is 55.6 Å². The van der Waals surface area contributed by atoms with E-state index >= 15 is 0 Å². The molecule has 2 amide bonds. The lowest BCUT2D eigenvalue weighted by molar-refractivity contribution is -0.142. The third-order valence-electron chi connectivity index (χ3n) is 6.96. The van der Waals surface area contributed by atoms with Crippen LogP contribution < -0.4 is 10.6 Å². The summed E-state index contributed by atoms with van der Waals surface area (Å²) < 4.78 is 5.60. The van der Waals surface area contributed by atoms with E-state index in [9.17, 15) is 19.5 Å². The molecule has 5 rings (SSSR count). The first-order valence-corrected chi connectivity index (χ1v) is 11.6.